The summed E-state index contributed by atoms with van der Waals surface area (Å²) in [6, 6.07) is 0. The van der Waals surface area contributed by atoms with E-state index in [9.17, 15) is 9.59 Å². The van der Waals surface area contributed by atoms with Gasteiger partial charge >= 0.3 is 0 Å². The third-order valence-corrected chi connectivity index (χ3v) is 1.52. The van der Waals surface area contributed by atoms with Gasteiger partial charge < -0.3 is 5.73 Å². The maximum Gasteiger partial charge on any atom is 0.212 e. The van der Waals surface area contributed by atoms with Crippen molar-refractivity contribution in [2.75, 3.05) is 6.54 Å². The fraction of sp³-hybridized carbons (Fsp3) is 0.714. The van der Waals surface area contributed by atoms with E-state index in [0.29, 0.717) is 6.42 Å². The molecule has 0 bridgehead atoms. The molecule has 0 aromatic heterocycles. The van der Waals surface area contributed by atoms with Gasteiger partial charge in [0.1, 0.15) is 0 Å². The number of hydrogen-bond donors (Lipinski definition) is 1. The molecular weight excluding hydrogens is 130 g/mol. The Bertz CT molecular complexity index is 147. The van der Waals surface area contributed by atoms with E-state index in [2.05, 4.69) is 0 Å². The average molecular weight is 145 g/mol. The van der Waals surface area contributed by atoms with Crippen LogP contribution in [0.3, 0.4) is 0 Å². The van der Waals surface area contributed by atoms with Crippen molar-refractivity contribution in [3.8, 4) is 0 Å². The predicted octanol–water partition coefficient (Wildman–Crippen LogP) is 0.375. The van der Waals surface area contributed by atoms with Gasteiger partial charge in [-0.1, -0.05) is 13.8 Å². The van der Waals surface area contributed by atoms with Crippen molar-refractivity contribution >= 4 is 11.6 Å². The minimum Gasteiger partial charge on any atom is -0.324 e. The topological polar surface area (TPSA) is 60.2 Å². The van der Waals surface area contributed by atoms with Gasteiger partial charge in [0.05, 0.1) is 6.54 Å². The molecule has 0 spiro atoms. The number of hydrogen-bond acceptors (Lipinski definition) is 3. The zero-order valence-electron chi connectivity index (χ0n) is 6.39. The predicted molar refractivity (Wildman–Crippen MR) is 40.6 cm³/mol. The van der Waals surface area contributed by atoms with Gasteiger partial charge in [-0.05, 0) is 6.42 Å². The normalized spacial score (nSPS) is 12.7. The van der Waals surface area contributed by atoms with Crippen molar-refractivity contribution in [2.24, 2.45) is 11.7 Å². The molecule has 0 unspecified atom stereocenters. The van der Waals surface area contributed by atoms with E-state index in [4.69, 9.17) is 5.73 Å². The molecule has 0 rings (SSSR count). The molecular formula is C7H15NO2. The Kier molecular flexibility index (Phi) is 3.88. The summed E-state index contributed by atoms with van der Waals surface area (Å²) in [5.41, 5.74) is 5.00. The summed E-state index contributed by atoms with van der Waals surface area (Å²) in [5.74, 6) is -0.976. The van der Waals surface area contributed by atoms with Crippen LogP contribution in [0.25, 0.3) is 0 Å². The van der Waals surface area contributed by atoms with Gasteiger partial charge in [0.15, 0.2) is 0 Å². The van der Waals surface area contributed by atoms with Crippen LogP contribution in [0.5, 0.6) is 0 Å². The molecule has 0 aliphatic carbocycles. The summed E-state index contributed by atoms with van der Waals surface area (Å²) in [7, 11) is 0. The Balaban J connectivity index is 0. The van der Waals surface area contributed by atoms with Crippen LogP contribution >= 0.6 is 0 Å². The van der Waals surface area contributed by atoms with Gasteiger partial charge in [-0.15, -0.1) is 0 Å². The Morgan fingerprint density at radius 1 is 1.60 bits per heavy atom. The van der Waals surface area contributed by atoms with Gasteiger partial charge in [-0.3, -0.25) is 9.59 Å². The summed E-state index contributed by atoms with van der Waals surface area (Å²) < 4.78 is 0. The average Bonchev–Trinajstić information content (AvgIpc) is 2.00. The molecule has 3 nitrogen and oxygen atoms in total. The van der Waals surface area contributed by atoms with Crippen molar-refractivity contribution in [1.29, 1.82) is 0 Å². The Morgan fingerprint density at radius 2 is 2.10 bits per heavy atom. The van der Waals surface area contributed by atoms with E-state index in [0.717, 1.165) is 0 Å². The number of carbonyl (C=O) groups is 2. The number of carbonyl (C=O) groups excluding carboxylic acids is 2. The molecule has 0 radical (unpaired) electrons. The molecule has 0 saturated carbocycles. The summed E-state index contributed by atoms with van der Waals surface area (Å²) >= 11 is 0. The van der Waals surface area contributed by atoms with Crippen LogP contribution in [-0.2, 0) is 9.59 Å². The van der Waals surface area contributed by atoms with Crippen LogP contribution in [0.4, 0.5) is 0 Å². The third-order valence-electron chi connectivity index (χ3n) is 1.52. The molecule has 0 fully saturated rings. The van der Waals surface area contributed by atoms with Crippen molar-refractivity contribution in [2.45, 2.75) is 20.3 Å². The highest BCUT2D eigenvalue weighted by atomic mass is 16.2. The zero-order chi connectivity index (χ0) is 8.15. The van der Waals surface area contributed by atoms with Gasteiger partial charge in [-0.2, -0.15) is 0 Å². The lowest BCUT2D eigenvalue weighted by atomic mass is 10.0. The van der Waals surface area contributed by atoms with E-state index < -0.39 is 5.78 Å². The van der Waals surface area contributed by atoms with E-state index in [-0.39, 0.29) is 19.7 Å². The minimum atomic E-state index is -0.464. The second kappa shape index (κ2) is 4.17. The summed E-state index contributed by atoms with van der Waals surface area (Å²) in [4.78, 5) is 21.5. The number of rotatable bonds is 4. The summed E-state index contributed by atoms with van der Waals surface area (Å²) in [5, 5.41) is 0. The highest BCUT2D eigenvalue weighted by molar-refractivity contribution is 6.38. The van der Waals surface area contributed by atoms with Gasteiger partial charge in [0.2, 0.25) is 11.6 Å². The van der Waals surface area contributed by atoms with E-state index in [1.165, 1.54) is 0 Å². The first kappa shape index (κ1) is 9.30. The van der Waals surface area contributed by atoms with E-state index >= 15 is 0 Å². The maximum absolute atomic E-state index is 10.9. The Labute approximate surface area is 62.1 Å². The second-order valence-corrected chi connectivity index (χ2v) is 2.30. The first-order valence-corrected chi connectivity index (χ1v) is 3.40. The fourth-order valence-corrected chi connectivity index (χ4v) is 0.561. The van der Waals surface area contributed by atoms with Crippen LogP contribution < -0.4 is 5.73 Å². The lowest BCUT2D eigenvalue weighted by molar-refractivity contribution is -0.137. The van der Waals surface area contributed by atoms with Crippen LogP contribution in [0.2, 0.25) is 0 Å². The molecule has 0 aromatic rings. The quantitative estimate of drug-likeness (QED) is 0.581. The van der Waals surface area contributed by atoms with Crippen LogP contribution in [0.1, 0.15) is 21.7 Å². The molecule has 3 heteroatoms. The Hall–Kier alpha value is -0.700. The largest absolute Gasteiger partial charge is 0.324 e. The Morgan fingerprint density at radius 3 is 2.40 bits per heavy atom. The van der Waals surface area contributed by atoms with Crippen molar-refractivity contribution < 1.29 is 11.0 Å². The molecule has 0 heterocycles. The van der Waals surface area contributed by atoms with Crippen LogP contribution in [-0.4, -0.2) is 18.1 Å². The zero-order valence-corrected chi connectivity index (χ0v) is 6.39. The highest BCUT2D eigenvalue weighted by Crippen LogP contribution is 2.01. The van der Waals surface area contributed by atoms with Crippen LogP contribution in [0, 0.1) is 5.92 Å². The molecule has 0 aromatic carbocycles. The molecule has 10 heavy (non-hydrogen) atoms. The van der Waals surface area contributed by atoms with E-state index in [1.54, 1.807) is 6.92 Å². The highest BCUT2D eigenvalue weighted by Gasteiger charge is 2.17. The van der Waals surface area contributed by atoms with Crippen LogP contribution in [0.15, 0.2) is 0 Å². The number of nitrogens with two attached hydrogens (primary N) is 1. The lowest BCUT2D eigenvalue weighted by Gasteiger charge is -2.03. The SMILES string of the molecule is CC[C@H](C)C(=O)C(=O)CN.[HH]. The number of Topliss-reactive ketones (excluding diaryl/α,β-unsaturated/α-hetero) is 2. The maximum atomic E-state index is 10.9. The second-order valence-electron chi connectivity index (χ2n) is 2.30. The van der Waals surface area contributed by atoms with Crippen molar-refractivity contribution in [3.63, 3.8) is 0 Å². The molecule has 0 amide bonds. The smallest absolute Gasteiger partial charge is 0.212 e. The van der Waals surface area contributed by atoms with Gasteiger partial charge in [-0.25, -0.2) is 0 Å². The fourth-order valence-electron chi connectivity index (χ4n) is 0.561. The lowest BCUT2D eigenvalue weighted by Crippen LogP contribution is -2.27. The molecule has 0 saturated heterocycles. The number of ketones is 2. The minimum absolute atomic E-state index is 0. The summed E-state index contributed by atoms with van der Waals surface area (Å²) in [6.45, 7) is 3.44. The molecule has 1 atom stereocenters. The monoisotopic (exact) mass is 145 g/mol. The van der Waals surface area contributed by atoms with Gasteiger partial charge in [0, 0.05) is 7.34 Å². The first-order valence-electron chi connectivity index (χ1n) is 3.40. The summed E-state index contributed by atoms with van der Waals surface area (Å²) in [6.07, 6.45) is 0.699. The standard InChI is InChI=1S/C7H13NO2.H2/c1-3-5(2)7(10)6(9)4-8;/h5H,3-4,8H2,1-2H3;1H/t5-;/m0./s1. The first-order chi connectivity index (χ1) is 4.63. The van der Waals surface area contributed by atoms with Crippen molar-refractivity contribution in [1.82, 2.24) is 0 Å². The molecule has 0 aliphatic rings. The molecule has 0 aliphatic heterocycles. The van der Waals surface area contributed by atoms with Crippen molar-refractivity contribution in [3.05, 3.63) is 0 Å². The molecule has 60 valence electrons. The van der Waals surface area contributed by atoms with E-state index in [1.807, 2.05) is 6.92 Å². The molecule has 2 N–H and O–H groups in total. The third kappa shape index (κ3) is 2.27. The van der Waals surface area contributed by atoms with Gasteiger partial charge in [0.25, 0.3) is 0 Å².